The van der Waals surface area contributed by atoms with Crippen molar-refractivity contribution in [2.24, 2.45) is 17.8 Å². The zero-order valence-corrected chi connectivity index (χ0v) is 19.6. The molecule has 1 aromatic rings. The van der Waals surface area contributed by atoms with Crippen LogP contribution in [-0.2, 0) is 10.0 Å². The summed E-state index contributed by atoms with van der Waals surface area (Å²) < 4.78 is 30.4. The summed E-state index contributed by atoms with van der Waals surface area (Å²) in [5.41, 5.74) is 3.15. The first-order chi connectivity index (χ1) is 13.0. The quantitative estimate of drug-likeness (QED) is 0.590. The van der Waals surface area contributed by atoms with Gasteiger partial charge in [0.05, 0.1) is 4.90 Å². The van der Waals surface area contributed by atoms with Crippen molar-refractivity contribution in [2.45, 2.75) is 103 Å². The number of hydrogen-bond donors (Lipinski definition) is 1. The summed E-state index contributed by atoms with van der Waals surface area (Å²) in [7, 11) is -3.56. The molecule has 2 aliphatic carbocycles. The van der Waals surface area contributed by atoms with Crippen LogP contribution in [-0.4, -0.2) is 14.5 Å². The second-order valence-corrected chi connectivity index (χ2v) is 11.9. The van der Waals surface area contributed by atoms with Crippen molar-refractivity contribution in [1.29, 1.82) is 0 Å². The summed E-state index contributed by atoms with van der Waals surface area (Å²) >= 11 is 0. The Kier molecular flexibility index (Phi) is 6.32. The molecule has 0 spiro atoms. The summed E-state index contributed by atoms with van der Waals surface area (Å²) in [5, 5.41) is 0. The molecule has 3 rings (SSSR count). The van der Waals surface area contributed by atoms with Gasteiger partial charge in [0, 0.05) is 6.04 Å². The van der Waals surface area contributed by atoms with Crippen molar-refractivity contribution in [3.05, 3.63) is 28.8 Å². The van der Waals surface area contributed by atoms with Crippen molar-refractivity contribution >= 4 is 10.0 Å². The first kappa shape index (κ1) is 21.8. The molecular formula is C24H39NO2S. The fourth-order valence-corrected chi connectivity index (χ4v) is 7.49. The second-order valence-electron chi connectivity index (χ2n) is 10.2. The predicted molar refractivity (Wildman–Crippen MR) is 117 cm³/mol. The largest absolute Gasteiger partial charge is 0.241 e. The van der Waals surface area contributed by atoms with E-state index in [4.69, 9.17) is 0 Å². The Bertz CT molecular complexity index is 781. The topological polar surface area (TPSA) is 46.2 Å². The maximum atomic E-state index is 13.6. The summed E-state index contributed by atoms with van der Waals surface area (Å²) in [5.74, 6) is 2.74. The number of rotatable bonds is 7. The van der Waals surface area contributed by atoms with Gasteiger partial charge in [0.15, 0.2) is 0 Å². The van der Waals surface area contributed by atoms with Gasteiger partial charge in [-0.2, -0.15) is 0 Å². The molecule has 1 aromatic carbocycles. The highest BCUT2D eigenvalue weighted by Crippen LogP contribution is 2.49. The van der Waals surface area contributed by atoms with E-state index in [0.29, 0.717) is 22.6 Å². The van der Waals surface area contributed by atoms with Gasteiger partial charge in [-0.1, -0.05) is 60.1 Å². The molecular weight excluding hydrogens is 366 g/mol. The third-order valence-corrected chi connectivity index (χ3v) is 8.82. The number of sulfonamides is 1. The number of nitrogens with one attached hydrogen (secondary N) is 1. The van der Waals surface area contributed by atoms with Crippen molar-refractivity contribution in [2.75, 3.05) is 0 Å². The van der Waals surface area contributed by atoms with E-state index in [-0.39, 0.29) is 17.9 Å². The van der Waals surface area contributed by atoms with Crippen LogP contribution in [0.4, 0.5) is 0 Å². The smallest absolute Gasteiger partial charge is 0.208 e. The van der Waals surface area contributed by atoms with Gasteiger partial charge < -0.3 is 0 Å². The monoisotopic (exact) mass is 405 g/mol. The van der Waals surface area contributed by atoms with Crippen molar-refractivity contribution < 1.29 is 8.42 Å². The van der Waals surface area contributed by atoms with Gasteiger partial charge >= 0.3 is 0 Å². The van der Waals surface area contributed by atoms with E-state index in [2.05, 4.69) is 65.3 Å². The van der Waals surface area contributed by atoms with Gasteiger partial charge in [-0.25, -0.2) is 13.1 Å². The van der Waals surface area contributed by atoms with Crippen LogP contribution in [0, 0.1) is 17.8 Å². The third kappa shape index (κ3) is 4.18. The minimum atomic E-state index is -3.56. The lowest BCUT2D eigenvalue weighted by molar-refractivity contribution is 0.280. The van der Waals surface area contributed by atoms with Crippen LogP contribution in [0.5, 0.6) is 0 Å². The van der Waals surface area contributed by atoms with Crippen molar-refractivity contribution in [3.63, 3.8) is 0 Å². The maximum absolute atomic E-state index is 13.6. The fourth-order valence-electron chi connectivity index (χ4n) is 5.50. The molecule has 0 radical (unpaired) electrons. The van der Waals surface area contributed by atoms with Crippen LogP contribution in [0.1, 0.15) is 109 Å². The van der Waals surface area contributed by atoms with Gasteiger partial charge in [-0.3, -0.25) is 0 Å². The average Bonchev–Trinajstić information content (AvgIpc) is 3.23. The molecule has 0 heterocycles. The lowest BCUT2D eigenvalue weighted by Gasteiger charge is -2.30. The van der Waals surface area contributed by atoms with E-state index in [1.807, 2.05) is 0 Å². The average molecular weight is 406 g/mol. The van der Waals surface area contributed by atoms with Gasteiger partial charge in [0.25, 0.3) is 0 Å². The van der Waals surface area contributed by atoms with Gasteiger partial charge in [0.1, 0.15) is 0 Å². The molecule has 0 unspecified atom stereocenters. The van der Waals surface area contributed by atoms with Crippen LogP contribution in [0.3, 0.4) is 0 Å². The summed E-state index contributed by atoms with van der Waals surface area (Å²) in [6, 6.07) is 4.25. The Morgan fingerprint density at radius 1 is 0.857 bits per heavy atom. The zero-order valence-electron chi connectivity index (χ0n) is 18.7. The van der Waals surface area contributed by atoms with Crippen LogP contribution >= 0.6 is 0 Å². The van der Waals surface area contributed by atoms with Crippen LogP contribution in [0.15, 0.2) is 17.0 Å². The highest BCUT2D eigenvalue weighted by Gasteiger charge is 2.43. The summed E-state index contributed by atoms with van der Waals surface area (Å²) in [6.45, 7) is 14.8. The zero-order chi connectivity index (χ0) is 20.8. The molecule has 2 aliphatic rings. The molecule has 4 atom stereocenters. The molecule has 4 heteroatoms. The highest BCUT2D eigenvalue weighted by atomic mass is 32.2. The molecule has 2 bridgehead atoms. The summed E-state index contributed by atoms with van der Waals surface area (Å²) in [6.07, 6.45) is 5.11. The molecule has 28 heavy (non-hydrogen) atoms. The molecule has 3 nitrogen and oxygen atoms in total. The van der Waals surface area contributed by atoms with Gasteiger partial charge in [-0.05, 0) is 78.4 Å². The number of benzene rings is 1. The lowest BCUT2D eigenvalue weighted by atomic mass is 9.84. The van der Waals surface area contributed by atoms with Crippen LogP contribution < -0.4 is 4.72 Å². The minimum absolute atomic E-state index is 0.00472. The van der Waals surface area contributed by atoms with E-state index >= 15 is 0 Å². The summed E-state index contributed by atoms with van der Waals surface area (Å²) in [4.78, 5) is 0.539. The first-order valence-corrected chi connectivity index (χ1v) is 12.7. The Morgan fingerprint density at radius 3 is 1.82 bits per heavy atom. The fraction of sp³-hybridized carbons (Fsp3) is 0.750. The number of hydrogen-bond acceptors (Lipinski definition) is 2. The molecule has 0 saturated heterocycles. The van der Waals surface area contributed by atoms with E-state index in [1.54, 1.807) is 0 Å². The molecule has 0 aromatic heterocycles. The van der Waals surface area contributed by atoms with Gasteiger partial charge in [-0.15, -0.1) is 0 Å². The Hall–Kier alpha value is -0.870. The predicted octanol–water partition coefficient (Wildman–Crippen LogP) is 6.16. The third-order valence-electron chi connectivity index (χ3n) is 7.12. The molecule has 1 N–H and O–H groups in total. The molecule has 0 amide bonds. The van der Waals surface area contributed by atoms with Gasteiger partial charge in [0.2, 0.25) is 10.0 Å². The van der Waals surface area contributed by atoms with E-state index in [0.717, 1.165) is 17.0 Å². The highest BCUT2D eigenvalue weighted by molar-refractivity contribution is 7.89. The van der Waals surface area contributed by atoms with Crippen LogP contribution in [0.2, 0.25) is 0 Å². The van der Waals surface area contributed by atoms with Crippen molar-refractivity contribution in [3.8, 4) is 0 Å². The SMILES string of the molecule is CC(C)c1cc(C(C)C)c(S(=O)(=O)N[C@H](C)[C@H]2C[C@H]3CC[C@H]2C3)c(C(C)C)c1. The lowest BCUT2D eigenvalue weighted by Crippen LogP contribution is -2.40. The van der Waals surface area contributed by atoms with E-state index in [9.17, 15) is 8.42 Å². The minimum Gasteiger partial charge on any atom is -0.208 e. The van der Waals surface area contributed by atoms with Crippen LogP contribution in [0.25, 0.3) is 0 Å². The van der Waals surface area contributed by atoms with Crippen molar-refractivity contribution in [1.82, 2.24) is 4.72 Å². The Labute approximate surface area is 172 Å². The first-order valence-electron chi connectivity index (χ1n) is 11.2. The molecule has 2 saturated carbocycles. The normalized spacial score (nSPS) is 26.0. The van der Waals surface area contributed by atoms with E-state index in [1.165, 1.54) is 31.2 Å². The Balaban J connectivity index is 1.99. The second kappa shape index (κ2) is 8.10. The number of fused-ring (bicyclic) bond motifs is 2. The molecule has 2 fully saturated rings. The molecule has 158 valence electrons. The maximum Gasteiger partial charge on any atom is 0.241 e. The standard InChI is InChI=1S/C24H39NO2S/c1-14(2)20-12-21(15(3)4)24(22(13-20)16(5)6)28(26,27)25-17(7)23-11-18-8-9-19(23)10-18/h12-19,23,25H,8-11H2,1-7H3/t17-,18+,19+,23-/m1/s1. The molecule has 0 aliphatic heterocycles. The van der Waals surface area contributed by atoms with E-state index < -0.39 is 10.0 Å². The Morgan fingerprint density at radius 2 is 1.43 bits per heavy atom.